The molecule has 4 N–H and O–H groups in total. The maximum Gasteiger partial charge on any atom is 0.335 e. The Kier molecular flexibility index (Phi) is 9.02. The van der Waals surface area contributed by atoms with Crippen LogP contribution >= 0.6 is 11.6 Å². The second kappa shape index (κ2) is 13.3. The van der Waals surface area contributed by atoms with Gasteiger partial charge in [-0.1, -0.05) is 29.8 Å². The summed E-state index contributed by atoms with van der Waals surface area (Å²) in [6.45, 7) is 2.23. The van der Waals surface area contributed by atoms with Gasteiger partial charge in [0.2, 0.25) is 5.91 Å². The van der Waals surface area contributed by atoms with Crippen molar-refractivity contribution in [1.82, 2.24) is 20.9 Å². The van der Waals surface area contributed by atoms with Crippen LogP contribution in [0.1, 0.15) is 57.4 Å². The van der Waals surface area contributed by atoms with Crippen LogP contribution in [0, 0.1) is 5.82 Å². The first-order valence-electron chi connectivity index (χ1n) is 15.0. The summed E-state index contributed by atoms with van der Waals surface area (Å²) < 4.78 is 15.2. The highest BCUT2D eigenvalue weighted by Gasteiger charge is 2.37. The summed E-state index contributed by atoms with van der Waals surface area (Å²) in [5.74, 6) is -2.36. The molecule has 0 radical (unpaired) electrons. The Labute approximate surface area is 270 Å². The van der Waals surface area contributed by atoms with Crippen LogP contribution in [-0.4, -0.2) is 65.7 Å². The maximum absolute atomic E-state index is 15.2. The Hall–Kier alpha value is -4.78. The zero-order valence-electron chi connectivity index (χ0n) is 25.0. The monoisotopic (exact) mass is 645 g/mol. The minimum Gasteiger partial charge on any atom is -0.478 e. The van der Waals surface area contributed by atoms with E-state index in [2.05, 4.69) is 39.5 Å². The van der Waals surface area contributed by atoms with E-state index in [0.717, 1.165) is 37.1 Å². The Bertz CT molecular complexity index is 1720. The third-order valence-electron chi connectivity index (χ3n) is 8.72. The maximum atomic E-state index is 15.2. The molecule has 46 heavy (non-hydrogen) atoms. The van der Waals surface area contributed by atoms with E-state index >= 15 is 4.39 Å². The van der Waals surface area contributed by atoms with Crippen LogP contribution in [0.4, 0.5) is 15.8 Å². The van der Waals surface area contributed by atoms with Crippen molar-refractivity contribution < 1.29 is 23.9 Å². The average Bonchev–Trinajstić information content (AvgIpc) is 3.60. The van der Waals surface area contributed by atoms with Gasteiger partial charge in [-0.3, -0.25) is 9.59 Å². The van der Waals surface area contributed by atoms with Gasteiger partial charge in [0.1, 0.15) is 12.4 Å². The number of piperidine rings is 1. The molecule has 11 nitrogen and oxygen atoms in total. The number of hydrazine groups is 2. The number of hydrogen-bond donors (Lipinski definition) is 4. The molecule has 0 bridgehead atoms. The first-order valence-corrected chi connectivity index (χ1v) is 15.3. The van der Waals surface area contributed by atoms with Gasteiger partial charge in [-0.2, -0.15) is 5.10 Å². The third kappa shape index (κ3) is 6.32. The first-order chi connectivity index (χ1) is 22.2. The van der Waals surface area contributed by atoms with Gasteiger partial charge in [0, 0.05) is 23.9 Å². The van der Waals surface area contributed by atoms with Crippen molar-refractivity contribution in [3.8, 4) is 0 Å². The number of carbonyl (C=O) groups is 3. The number of amides is 2. The van der Waals surface area contributed by atoms with Gasteiger partial charge in [-0.05, 0) is 104 Å². The summed E-state index contributed by atoms with van der Waals surface area (Å²) >= 11 is 6.09. The van der Waals surface area contributed by atoms with Gasteiger partial charge in [0.25, 0.3) is 5.91 Å². The van der Waals surface area contributed by atoms with Crippen molar-refractivity contribution in [3.05, 3.63) is 99.3 Å². The van der Waals surface area contributed by atoms with Crippen molar-refractivity contribution in [3.63, 3.8) is 0 Å². The second-order valence-corrected chi connectivity index (χ2v) is 11.9. The number of carboxylic acids is 1. The molecule has 0 spiro atoms. The molecule has 2 amide bonds. The lowest BCUT2D eigenvalue weighted by atomic mass is 9.80. The molecule has 3 aliphatic rings. The molecule has 0 saturated carbocycles. The first kappa shape index (κ1) is 31.2. The molecule has 0 aliphatic carbocycles. The second-order valence-electron chi connectivity index (χ2n) is 11.5. The largest absolute Gasteiger partial charge is 0.478 e. The molecule has 1 saturated heterocycles. The van der Waals surface area contributed by atoms with E-state index in [1.54, 1.807) is 6.07 Å². The normalized spacial score (nSPS) is 18.5. The fourth-order valence-electron chi connectivity index (χ4n) is 6.32. The number of carbonyl (C=O) groups excluding carboxylic acids is 2. The Balaban J connectivity index is 1.34. The zero-order chi connectivity index (χ0) is 32.4. The van der Waals surface area contributed by atoms with Crippen LogP contribution < -0.4 is 21.4 Å². The number of likely N-dealkylation sites (tertiary alicyclic amines) is 1. The number of fused-ring (bicyclic) bond motifs is 1. The molecule has 3 aliphatic heterocycles. The number of rotatable bonds is 7. The average molecular weight is 646 g/mol. The van der Waals surface area contributed by atoms with E-state index in [9.17, 15) is 19.5 Å². The molecule has 13 heteroatoms. The number of benzene rings is 3. The molecule has 0 aromatic heterocycles. The molecule has 3 heterocycles. The number of nitrogens with one attached hydrogen (secondary N) is 3. The lowest BCUT2D eigenvalue weighted by Crippen LogP contribution is -2.45. The van der Waals surface area contributed by atoms with Crippen molar-refractivity contribution in [2.24, 2.45) is 5.10 Å². The van der Waals surface area contributed by atoms with E-state index < -0.39 is 29.6 Å². The van der Waals surface area contributed by atoms with Crippen LogP contribution in [0.5, 0.6) is 0 Å². The Morgan fingerprint density at radius 2 is 1.78 bits per heavy atom. The molecule has 1 atom stereocenters. The van der Waals surface area contributed by atoms with Gasteiger partial charge in [-0.15, -0.1) is 5.53 Å². The van der Waals surface area contributed by atoms with Crippen LogP contribution in [0.15, 0.2) is 65.8 Å². The summed E-state index contributed by atoms with van der Waals surface area (Å²) in [5.41, 5.74) is 9.22. The zero-order valence-corrected chi connectivity index (χ0v) is 25.8. The van der Waals surface area contributed by atoms with Crippen LogP contribution in [0.25, 0.3) is 6.08 Å². The van der Waals surface area contributed by atoms with E-state index in [1.807, 2.05) is 12.1 Å². The predicted molar refractivity (Wildman–Crippen MR) is 174 cm³/mol. The molecule has 1 unspecified atom stereocenters. The number of anilines is 2. The molecule has 3 aromatic rings. The number of carboxylic acid groups (broad SMARTS) is 1. The molecule has 238 valence electrons. The molecule has 6 rings (SSSR count). The lowest BCUT2D eigenvalue weighted by molar-refractivity contribution is -0.135. The Morgan fingerprint density at radius 1 is 1.04 bits per heavy atom. The summed E-state index contributed by atoms with van der Waals surface area (Å²) in [5, 5.41) is 17.3. The standard InChI is InChI=1S/C33H33ClFN7O4/c1-40-16-13-20(14-17-40)23-3-2-4-25-24(23)15-18-41(31(25)32(44)37-22-7-5-21(6-8-22)33(45)46)29(43)12-9-26-28(42-19-36-38-39-42)11-10-27(34)30(26)35/h2-12,19-20,31,38-39H,13-18H2,1H3,(H,37,44)(H,45,46)/b12-9+. The minimum atomic E-state index is -1.08. The number of hydrazone groups is 1. The van der Waals surface area contributed by atoms with Crippen LogP contribution in [0.2, 0.25) is 5.02 Å². The molecule has 1 fully saturated rings. The third-order valence-corrected chi connectivity index (χ3v) is 9.01. The van der Waals surface area contributed by atoms with Crippen molar-refractivity contribution >= 4 is 53.2 Å². The smallest absolute Gasteiger partial charge is 0.335 e. The van der Waals surface area contributed by atoms with E-state index in [1.165, 1.54) is 64.3 Å². The number of halogens is 2. The Morgan fingerprint density at radius 3 is 2.48 bits per heavy atom. The highest BCUT2D eigenvalue weighted by molar-refractivity contribution is 6.31. The van der Waals surface area contributed by atoms with Crippen LogP contribution in [0.3, 0.4) is 0 Å². The summed E-state index contributed by atoms with van der Waals surface area (Å²) in [4.78, 5) is 43.0. The van der Waals surface area contributed by atoms with Gasteiger partial charge in [0.05, 0.1) is 16.3 Å². The van der Waals surface area contributed by atoms with Crippen molar-refractivity contribution in [1.29, 1.82) is 0 Å². The van der Waals surface area contributed by atoms with Gasteiger partial charge < -0.3 is 20.2 Å². The fourth-order valence-corrected chi connectivity index (χ4v) is 6.49. The molecular formula is C33H33ClFN7O4. The minimum absolute atomic E-state index is 0.0602. The molecule has 3 aromatic carbocycles. The highest BCUT2D eigenvalue weighted by Crippen LogP contribution is 2.39. The topological polar surface area (TPSA) is 130 Å². The summed E-state index contributed by atoms with van der Waals surface area (Å²) in [6.07, 6.45) is 6.57. The van der Waals surface area contributed by atoms with Crippen molar-refractivity contribution in [2.75, 3.05) is 37.0 Å². The van der Waals surface area contributed by atoms with Gasteiger partial charge >= 0.3 is 5.97 Å². The number of nitrogens with zero attached hydrogens (tertiary/aromatic N) is 4. The van der Waals surface area contributed by atoms with Gasteiger partial charge in [-0.25, -0.2) is 19.7 Å². The van der Waals surface area contributed by atoms with Crippen molar-refractivity contribution in [2.45, 2.75) is 31.2 Å². The van der Waals surface area contributed by atoms with Crippen LogP contribution in [-0.2, 0) is 16.0 Å². The fraction of sp³-hybridized carbons (Fsp3) is 0.273. The SMILES string of the molecule is CN1CCC(c2cccc3c2CCN(C(=O)/C=C/c2c(N4C=NNN4)ccc(Cl)c2F)C3C(=O)Nc2ccc(C(=O)O)cc2)CC1. The van der Waals surface area contributed by atoms with Gasteiger partial charge in [0.15, 0.2) is 5.82 Å². The summed E-state index contributed by atoms with van der Waals surface area (Å²) in [6, 6.07) is 13.8. The van der Waals surface area contributed by atoms with E-state index in [0.29, 0.717) is 23.7 Å². The quantitative estimate of drug-likeness (QED) is 0.276. The number of aromatic carboxylic acids is 1. The number of hydrogen-bond acceptors (Lipinski definition) is 8. The van der Waals surface area contributed by atoms with E-state index in [-0.39, 0.29) is 22.7 Å². The lowest BCUT2D eigenvalue weighted by Gasteiger charge is -2.38. The highest BCUT2D eigenvalue weighted by atomic mass is 35.5. The predicted octanol–water partition coefficient (Wildman–Crippen LogP) is 4.54. The summed E-state index contributed by atoms with van der Waals surface area (Å²) in [7, 11) is 2.11. The molecular weight excluding hydrogens is 613 g/mol. The van der Waals surface area contributed by atoms with E-state index in [4.69, 9.17) is 11.6 Å².